The average Bonchev–Trinajstić information content (AvgIpc) is 2.61. The fourth-order valence-corrected chi connectivity index (χ4v) is 2.33. The number of anilines is 1. The molecular formula is C23H23F2NO3. The molecule has 0 aliphatic heterocycles. The SMILES string of the molecule is CC(C)(C)C(=O)Nc1c(F)cc(F)cc1C#Cc1ccc(C(C)(C)C(=O)O)cc1. The first kappa shape index (κ1) is 22.1. The van der Waals surface area contributed by atoms with E-state index in [1.165, 1.54) is 0 Å². The molecule has 0 unspecified atom stereocenters. The van der Waals surface area contributed by atoms with Crippen LogP contribution in [0, 0.1) is 28.9 Å². The Morgan fingerprint density at radius 3 is 2.07 bits per heavy atom. The molecule has 2 aromatic carbocycles. The lowest BCUT2D eigenvalue weighted by molar-refractivity contribution is -0.142. The van der Waals surface area contributed by atoms with Gasteiger partial charge in [-0.15, -0.1) is 0 Å². The maximum absolute atomic E-state index is 14.3. The smallest absolute Gasteiger partial charge is 0.313 e. The summed E-state index contributed by atoms with van der Waals surface area (Å²) in [7, 11) is 0. The van der Waals surface area contributed by atoms with E-state index in [1.54, 1.807) is 58.9 Å². The molecule has 0 radical (unpaired) electrons. The molecular weight excluding hydrogens is 376 g/mol. The first-order chi connectivity index (χ1) is 13.3. The van der Waals surface area contributed by atoms with Crippen molar-refractivity contribution in [1.82, 2.24) is 0 Å². The first-order valence-corrected chi connectivity index (χ1v) is 8.99. The second-order valence-corrected chi connectivity index (χ2v) is 8.27. The van der Waals surface area contributed by atoms with Crippen LogP contribution in [-0.2, 0) is 15.0 Å². The predicted molar refractivity (Wildman–Crippen MR) is 108 cm³/mol. The molecule has 6 heteroatoms. The molecule has 0 fully saturated rings. The van der Waals surface area contributed by atoms with Crippen LogP contribution in [0.2, 0.25) is 0 Å². The fraction of sp³-hybridized carbons (Fsp3) is 0.304. The van der Waals surface area contributed by atoms with Crippen LogP contribution in [0.5, 0.6) is 0 Å². The van der Waals surface area contributed by atoms with E-state index in [9.17, 15) is 23.5 Å². The zero-order chi connectivity index (χ0) is 22.0. The minimum atomic E-state index is -1.05. The van der Waals surface area contributed by atoms with Crippen molar-refractivity contribution in [2.24, 2.45) is 5.41 Å². The van der Waals surface area contributed by atoms with E-state index in [0.717, 1.165) is 6.07 Å². The largest absolute Gasteiger partial charge is 0.481 e. The lowest BCUT2D eigenvalue weighted by atomic mass is 9.84. The molecule has 0 heterocycles. The van der Waals surface area contributed by atoms with Crippen molar-refractivity contribution in [3.05, 3.63) is 64.7 Å². The number of carboxylic acid groups (broad SMARTS) is 1. The molecule has 0 atom stereocenters. The molecule has 0 aliphatic carbocycles. The van der Waals surface area contributed by atoms with Crippen molar-refractivity contribution in [2.75, 3.05) is 5.32 Å². The van der Waals surface area contributed by atoms with Gasteiger partial charge >= 0.3 is 5.97 Å². The predicted octanol–water partition coefficient (Wildman–Crippen LogP) is 4.71. The van der Waals surface area contributed by atoms with Crippen molar-refractivity contribution < 1.29 is 23.5 Å². The Hall–Kier alpha value is -3.20. The normalized spacial score (nSPS) is 11.4. The second-order valence-electron chi connectivity index (χ2n) is 8.27. The molecule has 0 saturated carbocycles. The van der Waals surface area contributed by atoms with Gasteiger partial charge in [-0.1, -0.05) is 44.7 Å². The highest BCUT2D eigenvalue weighted by Crippen LogP contribution is 2.25. The summed E-state index contributed by atoms with van der Waals surface area (Å²) in [4.78, 5) is 23.6. The molecule has 0 aliphatic rings. The van der Waals surface area contributed by atoms with Crippen LogP contribution in [0.15, 0.2) is 36.4 Å². The zero-order valence-corrected chi connectivity index (χ0v) is 17.0. The summed E-state index contributed by atoms with van der Waals surface area (Å²) < 4.78 is 28.0. The lowest BCUT2D eigenvalue weighted by Crippen LogP contribution is -2.28. The minimum Gasteiger partial charge on any atom is -0.481 e. The molecule has 2 N–H and O–H groups in total. The Labute approximate surface area is 169 Å². The molecule has 2 rings (SSSR count). The van der Waals surface area contributed by atoms with Gasteiger partial charge in [-0.25, -0.2) is 8.78 Å². The van der Waals surface area contributed by atoms with Gasteiger partial charge in [0.15, 0.2) is 5.82 Å². The van der Waals surface area contributed by atoms with Crippen molar-refractivity contribution in [3.63, 3.8) is 0 Å². The number of benzene rings is 2. The van der Waals surface area contributed by atoms with Crippen LogP contribution in [0.1, 0.15) is 51.3 Å². The van der Waals surface area contributed by atoms with E-state index in [-0.39, 0.29) is 11.3 Å². The lowest BCUT2D eigenvalue weighted by Gasteiger charge is -2.19. The quantitative estimate of drug-likeness (QED) is 0.735. The van der Waals surface area contributed by atoms with Gasteiger partial charge in [-0.3, -0.25) is 9.59 Å². The molecule has 29 heavy (non-hydrogen) atoms. The Morgan fingerprint density at radius 1 is 0.966 bits per heavy atom. The van der Waals surface area contributed by atoms with Gasteiger partial charge in [0.05, 0.1) is 16.7 Å². The van der Waals surface area contributed by atoms with Gasteiger partial charge in [0.25, 0.3) is 0 Å². The van der Waals surface area contributed by atoms with Gasteiger partial charge in [0, 0.05) is 17.0 Å². The highest BCUT2D eigenvalue weighted by Gasteiger charge is 2.29. The third kappa shape index (κ3) is 5.20. The van der Waals surface area contributed by atoms with Crippen LogP contribution in [0.25, 0.3) is 0 Å². The Morgan fingerprint density at radius 2 is 1.55 bits per heavy atom. The third-order valence-corrected chi connectivity index (χ3v) is 4.46. The Balaban J connectivity index is 2.39. The molecule has 1 amide bonds. The monoisotopic (exact) mass is 399 g/mol. The van der Waals surface area contributed by atoms with E-state index in [4.69, 9.17) is 0 Å². The minimum absolute atomic E-state index is 0.00930. The number of hydrogen-bond donors (Lipinski definition) is 2. The number of nitrogens with one attached hydrogen (secondary N) is 1. The molecule has 0 bridgehead atoms. The molecule has 0 saturated heterocycles. The van der Waals surface area contributed by atoms with Crippen LogP contribution in [-0.4, -0.2) is 17.0 Å². The summed E-state index contributed by atoms with van der Waals surface area (Å²) in [6, 6.07) is 8.30. The Kier molecular flexibility index (Phi) is 6.13. The standard InChI is InChI=1S/C23H23F2NO3/c1-22(2,3)20(27)26-19-15(12-17(24)13-18(19)25)9-6-14-7-10-16(11-8-14)23(4,5)21(28)29/h7-8,10-13H,1-5H3,(H,26,27)(H,28,29). The number of aliphatic carboxylic acids is 1. The molecule has 152 valence electrons. The van der Waals surface area contributed by atoms with Crippen LogP contribution < -0.4 is 5.32 Å². The van der Waals surface area contributed by atoms with Gasteiger partial charge < -0.3 is 10.4 Å². The summed E-state index contributed by atoms with van der Waals surface area (Å²) in [5.41, 5.74) is -0.851. The highest BCUT2D eigenvalue weighted by atomic mass is 19.1. The highest BCUT2D eigenvalue weighted by molar-refractivity contribution is 5.95. The van der Waals surface area contributed by atoms with Gasteiger partial charge in [0.2, 0.25) is 5.91 Å². The van der Waals surface area contributed by atoms with E-state index >= 15 is 0 Å². The fourth-order valence-electron chi connectivity index (χ4n) is 2.33. The van der Waals surface area contributed by atoms with E-state index in [0.29, 0.717) is 17.2 Å². The van der Waals surface area contributed by atoms with Gasteiger partial charge in [0.1, 0.15) is 5.82 Å². The average molecular weight is 399 g/mol. The number of amides is 1. The summed E-state index contributed by atoms with van der Waals surface area (Å²) >= 11 is 0. The summed E-state index contributed by atoms with van der Waals surface area (Å²) in [6.45, 7) is 8.21. The van der Waals surface area contributed by atoms with Crippen molar-refractivity contribution >= 4 is 17.6 Å². The molecule has 0 spiro atoms. The first-order valence-electron chi connectivity index (χ1n) is 8.99. The number of carbonyl (C=O) groups excluding carboxylic acids is 1. The number of halogens is 2. The summed E-state index contributed by atoms with van der Waals surface area (Å²) in [6.07, 6.45) is 0. The topological polar surface area (TPSA) is 66.4 Å². The number of rotatable bonds is 3. The van der Waals surface area contributed by atoms with Crippen molar-refractivity contribution in [2.45, 2.75) is 40.0 Å². The van der Waals surface area contributed by atoms with Crippen LogP contribution >= 0.6 is 0 Å². The summed E-state index contributed by atoms with van der Waals surface area (Å²) in [5, 5.41) is 11.8. The number of carboxylic acids is 1. The van der Waals surface area contributed by atoms with Crippen LogP contribution in [0.4, 0.5) is 14.5 Å². The van der Waals surface area contributed by atoms with Gasteiger partial charge in [-0.2, -0.15) is 0 Å². The van der Waals surface area contributed by atoms with Gasteiger partial charge in [-0.05, 0) is 37.6 Å². The maximum Gasteiger partial charge on any atom is 0.313 e. The van der Waals surface area contributed by atoms with E-state index in [2.05, 4.69) is 17.2 Å². The maximum atomic E-state index is 14.3. The summed E-state index contributed by atoms with van der Waals surface area (Å²) in [5.74, 6) is 2.39. The molecule has 0 aromatic heterocycles. The Bertz CT molecular complexity index is 1010. The molecule has 4 nitrogen and oxygen atoms in total. The second kappa shape index (κ2) is 8.04. The van der Waals surface area contributed by atoms with E-state index < -0.39 is 34.3 Å². The number of carbonyl (C=O) groups is 2. The molecule has 2 aromatic rings. The van der Waals surface area contributed by atoms with Crippen molar-refractivity contribution in [1.29, 1.82) is 0 Å². The van der Waals surface area contributed by atoms with E-state index in [1.807, 2.05) is 0 Å². The third-order valence-electron chi connectivity index (χ3n) is 4.46. The van der Waals surface area contributed by atoms with Crippen molar-refractivity contribution in [3.8, 4) is 11.8 Å². The number of hydrogen-bond acceptors (Lipinski definition) is 2. The van der Waals surface area contributed by atoms with Crippen LogP contribution in [0.3, 0.4) is 0 Å². The zero-order valence-electron chi connectivity index (χ0n) is 17.0.